The van der Waals surface area contributed by atoms with Crippen molar-refractivity contribution in [3.8, 4) is 0 Å². The Morgan fingerprint density at radius 3 is 2.45 bits per heavy atom. The van der Waals surface area contributed by atoms with Crippen LogP contribution in [0.2, 0.25) is 0 Å². The highest BCUT2D eigenvalue weighted by Crippen LogP contribution is 2.30. The van der Waals surface area contributed by atoms with E-state index >= 15 is 0 Å². The van der Waals surface area contributed by atoms with Gasteiger partial charge in [-0.25, -0.2) is 0 Å². The van der Waals surface area contributed by atoms with Crippen LogP contribution in [0.4, 0.5) is 0 Å². The van der Waals surface area contributed by atoms with Crippen molar-refractivity contribution in [2.24, 2.45) is 0 Å². The quantitative estimate of drug-likeness (QED) is 0.862. The highest BCUT2D eigenvalue weighted by atomic mass is 32.2. The third-order valence-corrected chi connectivity index (χ3v) is 5.91. The molecule has 1 aliphatic heterocycles. The minimum atomic E-state index is 0.630. The van der Waals surface area contributed by atoms with Crippen molar-refractivity contribution in [1.82, 2.24) is 5.32 Å². The zero-order valence-electron chi connectivity index (χ0n) is 13.5. The molecule has 1 aromatic rings. The summed E-state index contributed by atoms with van der Waals surface area (Å²) in [6.07, 6.45) is 5.38. The van der Waals surface area contributed by atoms with Crippen molar-refractivity contribution in [2.75, 3.05) is 12.3 Å². The molecule has 1 heterocycles. The lowest BCUT2D eigenvalue weighted by atomic mass is 9.92. The molecule has 112 valence electrons. The minimum Gasteiger partial charge on any atom is -0.313 e. The molecular formula is C18H29NS. The minimum absolute atomic E-state index is 0.630. The number of hydrogen-bond acceptors (Lipinski definition) is 2. The second-order valence-corrected chi connectivity index (χ2v) is 7.50. The van der Waals surface area contributed by atoms with Crippen LogP contribution in [0.3, 0.4) is 0 Å². The fraction of sp³-hybridized carbons (Fsp3) is 0.667. The number of hydrogen-bond donors (Lipinski definition) is 1. The summed E-state index contributed by atoms with van der Waals surface area (Å²) in [6, 6.07) is 5.30. The highest BCUT2D eigenvalue weighted by Gasteiger charge is 2.24. The first-order chi connectivity index (χ1) is 9.61. The van der Waals surface area contributed by atoms with E-state index < -0.39 is 0 Å². The van der Waals surface area contributed by atoms with Gasteiger partial charge in [0.1, 0.15) is 0 Å². The van der Waals surface area contributed by atoms with E-state index in [-0.39, 0.29) is 0 Å². The maximum atomic E-state index is 3.75. The molecule has 0 bridgehead atoms. The molecule has 1 aliphatic rings. The summed E-state index contributed by atoms with van der Waals surface area (Å²) in [5.74, 6) is 1.35. The number of likely N-dealkylation sites (N-methyl/N-ethyl adjacent to an activating group) is 1. The zero-order valence-corrected chi connectivity index (χ0v) is 14.3. The average Bonchev–Trinajstić information content (AvgIpc) is 2.42. The van der Waals surface area contributed by atoms with Gasteiger partial charge < -0.3 is 5.32 Å². The van der Waals surface area contributed by atoms with Gasteiger partial charge in [0.15, 0.2) is 0 Å². The van der Waals surface area contributed by atoms with Gasteiger partial charge in [-0.3, -0.25) is 0 Å². The summed E-state index contributed by atoms with van der Waals surface area (Å²) >= 11 is 2.18. The molecular weight excluding hydrogens is 262 g/mol. The lowest BCUT2D eigenvalue weighted by molar-refractivity contribution is 0.471. The summed E-state index contributed by atoms with van der Waals surface area (Å²) in [7, 11) is 0. The predicted octanol–water partition coefficient (Wildman–Crippen LogP) is 4.42. The lowest BCUT2D eigenvalue weighted by Crippen LogP contribution is -2.41. The molecule has 0 saturated carbocycles. The van der Waals surface area contributed by atoms with E-state index in [1.807, 2.05) is 0 Å². The maximum absolute atomic E-state index is 3.75. The molecule has 0 aliphatic carbocycles. The van der Waals surface area contributed by atoms with Crippen LogP contribution >= 0.6 is 11.8 Å². The summed E-state index contributed by atoms with van der Waals surface area (Å²) in [5.41, 5.74) is 5.88. The average molecular weight is 292 g/mol. The van der Waals surface area contributed by atoms with Crippen molar-refractivity contribution >= 4 is 11.8 Å². The van der Waals surface area contributed by atoms with E-state index in [0.717, 1.165) is 11.8 Å². The monoisotopic (exact) mass is 291 g/mol. The third-order valence-electron chi connectivity index (χ3n) is 4.39. The smallest absolute Gasteiger partial charge is 0.0226 e. The highest BCUT2D eigenvalue weighted by molar-refractivity contribution is 8.00. The molecule has 0 radical (unpaired) electrons. The van der Waals surface area contributed by atoms with Gasteiger partial charge in [-0.1, -0.05) is 31.0 Å². The van der Waals surface area contributed by atoms with Crippen molar-refractivity contribution in [1.29, 1.82) is 0 Å². The van der Waals surface area contributed by atoms with Crippen molar-refractivity contribution in [2.45, 2.75) is 64.7 Å². The lowest BCUT2D eigenvalue weighted by Gasteiger charge is -2.31. The zero-order chi connectivity index (χ0) is 14.5. The molecule has 1 saturated heterocycles. The number of benzene rings is 1. The summed E-state index contributed by atoms with van der Waals surface area (Å²) in [5, 5.41) is 4.54. The van der Waals surface area contributed by atoms with Crippen LogP contribution in [0.15, 0.2) is 12.1 Å². The molecule has 1 nitrogen and oxygen atoms in total. The SMILES string of the molecule is CCNC(Cc1c(C)cc(C)cc1C)C1CCCCS1. The van der Waals surface area contributed by atoms with Gasteiger partial charge in [-0.05, 0) is 69.0 Å². The van der Waals surface area contributed by atoms with Gasteiger partial charge >= 0.3 is 0 Å². The van der Waals surface area contributed by atoms with Gasteiger partial charge in [0, 0.05) is 11.3 Å². The molecule has 0 aromatic heterocycles. The Morgan fingerprint density at radius 2 is 1.90 bits per heavy atom. The number of thioether (sulfide) groups is 1. The largest absolute Gasteiger partial charge is 0.313 e. The van der Waals surface area contributed by atoms with Crippen LogP contribution in [0.1, 0.15) is 48.4 Å². The van der Waals surface area contributed by atoms with E-state index in [4.69, 9.17) is 0 Å². The maximum Gasteiger partial charge on any atom is 0.0226 e. The van der Waals surface area contributed by atoms with Gasteiger partial charge in [0.05, 0.1) is 0 Å². The molecule has 1 fully saturated rings. The number of rotatable bonds is 5. The fourth-order valence-electron chi connectivity index (χ4n) is 3.43. The van der Waals surface area contributed by atoms with Crippen LogP contribution in [0.5, 0.6) is 0 Å². The van der Waals surface area contributed by atoms with Crippen molar-refractivity contribution < 1.29 is 0 Å². The third kappa shape index (κ3) is 4.02. The Balaban J connectivity index is 2.15. The van der Waals surface area contributed by atoms with Crippen LogP contribution in [0, 0.1) is 20.8 Å². The van der Waals surface area contributed by atoms with Crippen LogP contribution < -0.4 is 5.32 Å². The molecule has 2 rings (SSSR count). The standard InChI is InChI=1S/C18H29NS/c1-5-19-17(18-8-6-7-9-20-18)12-16-14(3)10-13(2)11-15(16)4/h10-11,17-19H,5-9,12H2,1-4H3. The number of nitrogens with one attached hydrogen (secondary N) is 1. The molecule has 0 spiro atoms. The molecule has 1 N–H and O–H groups in total. The molecule has 2 heteroatoms. The van der Waals surface area contributed by atoms with E-state index in [1.54, 1.807) is 5.56 Å². The molecule has 1 aromatic carbocycles. The van der Waals surface area contributed by atoms with Crippen molar-refractivity contribution in [3.05, 3.63) is 34.4 Å². The summed E-state index contributed by atoms with van der Waals surface area (Å²) in [4.78, 5) is 0. The van der Waals surface area contributed by atoms with Gasteiger partial charge in [-0.2, -0.15) is 11.8 Å². The number of aryl methyl sites for hydroxylation is 3. The van der Waals surface area contributed by atoms with Crippen LogP contribution in [-0.4, -0.2) is 23.6 Å². The Morgan fingerprint density at radius 1 is 1.20 bits per heavy atom. The molecule has 0 amide bonds. The molecule has 2 atom stereocenters. The Kier molecular flexibility index (Phi) is 5.98. The Bertz CT molecular complexity index is 412. The summed E-state index contributed by atoms with van der Waals surface area (Å²) in [6.45, 7) is 10.0. The van der Waals surface area contributed by atoms with Crippen LogP contribution in [-0.2, 0) is 6.42 Å². The normalized spacial score (nSPS) is 20.9. The van der Waals surface area contributed by atoms with E-state index in [2.05, 4.69) is 56.9 Å². The fourth-order valence-corrected chi connectivity index (χ4v) is 4.86. The first-order valence-electron chi connectivity index (χ1n) is 8.03. The topological polar surface area (TPSA) is 12.0 Å². The van der Waals surface area contributed by atoms with E-state index in [9.17, 15) is 0 Å². The predicted molar refractivity (Wildman–Crippen MR) is 91.9 cm³/mol. The Hall–Kier alpha value is -0.470. The second-order valence-electron chi connectivity index (χ2n) is 6.15. The molecule has 20 heavy (non-hydrogen) atoms. The summed E-state index contributed by atoms with van der Waals surface area (Å²) < 4.78 is 0. The molecule has 2 unspecified atom stereocenters. The van der Waals surface area contributed by atoms with Crippen LogP contribution in [0.25, 0.3) is 0 Å². The van der Waals surface area contributed by atoms with Gasteiger partial charge in [-0.15, -0.1) is 0 Å². The van der Waals surface area contributed by atoms with Gasteiger partial charge in [0.2, 0.25) is 0 Å². The first kappa shape index (κ1) is 15.9. The van der Waals surface area contributed by atoms with Crippen molar-refractivity contribution in [3.63, 3.8) is 0 Å². The van der Waals surface area contributed by atoms with Gasteiger partial charge in [0.25, 0.3) is 0 Å². The van der Waals surface area contributed by atoms with E-state index in [0.29, 0.717) is 6.04 Å². The second kappa shape index (κ2) is 7.51. The first-order valence-corrected chi connectivity index (χ1v) is 9.08. The van der Waals surface area contributed by atoms with E-state index in [1.165, 1.54) is 48.1 Å². The Labute approximate surface area is 128 Å².